The van der Waals surface area contributed by atoms with Gasteiger partial charge in [-0.3, -0.25) is 4.79 Å². The smallest absolute Gasteiger partial charge is 0.303 e. The van der Waals surface area contributed by atoms with E-state index in [1.807, 2.05) is 0 Å². The zero-order valence-corrected chi connectivity index (χ0v) is 8.22. The first kappa shape index (κ1) is 10.4. The molecule has 2 rings (SSSR count). The highest BCUT2D eigenvalue weighted by Gasteiger charge is 2.07. The number of rotatable bonds is 3. The maximum atomic E-state index is 13.2. The third kappa shape index (κ3) is 2.10. The van der Waals surface area contributed by atoms with Crippen molar-refractivity contribution in [3.05, 3.63) is 29.8 Å². The molecule has 1 heterocycles. The first-order valence-corrected chi connectivity index (χ1v) is 4.66. The molecule has 0 saturated carbocycles. The van der Waals surface area contributed by atoms with Gasteiger partial charge in [-0.1, -0.05) is 6.07 Å². The van der Waals surface area contributed by atoms with E-state index < -0.39 is 11.8 Å². The third-order valence-electron chi connectivity index (χ3n) is 2.04. The number of carboxylic acids is 1. The maximum absolute atomic E-state index is 13.2. The van der Waals surface area contributed by atoms with Crippen molar-refractivity contribution >= 4 is 17.0 Å². The van der Waals surface area contributed by atoms with Crippen LogP contribution in [-0.2, 0) is 11.2 Å². The number of carboxylic acid groups (broad SMARTS) is 1. The number of halogens is 1. The highest BCUT2D eigenvalue weighted by atomic mass is 19.1. The van der Waals surface area contributed by atoms with Crippen LogP contribution in [0.3, 0.4) is 0 Å². The summed E-state index contributed by atoms with van der Waals surface area (Å²) in [4.78, 5) is 14.4. The highest BCUT2D eigenvalue weighted by Crippen LogP contribution is 2.12. The maximum Gasteiger partial charge on any atom is 0.303 e. The van der Waals surface area contributed by atoms with Gasteiger partial charge in [0.1, 0.15) is 5.52 Å². The molecule has 0 saturated heterocycles. The van der Waals surface area contributed by atoms with Crippen LogP contribution >= 0.6 is 0 Å². The highest BCUT2D eigenvalue weighted by molar-refractivity contribution is 5.73. The van der Waals surface area contributed by atoms with Crippen molar-refractivity contribution in [1.82, 2.24) is 15.2 Å². The molecular weight excluding hydrogens is 213 g/mol. The van der Waals surface area contributed by atoms with Gasteiger partial charge in [0.2, 0.25) is 0 Å². The molecule has 0 unspecified atom stereocenters. The second kappa shape index (κ2) is 4.18. The minimum Gasteiger partial charge on any atom is -0.481 e. The van der Waals surface area contributed by atoms with Gasteiger partial charge in [-0.15, -0.1) is 10.2 Å². The van der Waals surface area contributed by atoms with Crippen LogP contribution < -0.4 is 0 Å². The van der Waals surface area contributed by atoms with E-state index in [-0.39, 0.29) is 18.4 Å². The number of aromatic nitrogens is 3. The molecule has 0 aliphatic heterocycles. The van der Waals surface area contributed by atoms with E-state index >= 15 is 0 Å². The Bertz CT molecular complexity index is 545. The summed E-state index contributed by atoms with van der Waals surface area (Å²) in [7, 11) is 0. The zero-order chi connectivity index (χ0) is 11.5. The first-order valence-electron chi connectivity index (χ1n) is 4.66. The second-order valence-corrected chi connectivity index (χ2v) is 3.23. The number of fused-ring (bicyclic) bond motifs is 1. The van der Waals surface area contributed by atoms with Gasteiger partial charge in [0.25, 0.3) is 0 Å². The average Bonchev–Trinajstić information content (AvgIpc) is 2.26. The fraction of sp³-hybridized carbons (Fsp3) is 0.200. The Kier molecular flexibility index (Phi) is 2.72. The summed E-state index contributed by atoms with van der Waals surface area (Å²) in [5, 5.41) is 15.8. The molecule has 1 aromatic heterocycles. The lowest BCUT2D eigenvalue weighted by Gasteiger charge is -1.99. The van der Waals surface area contributed by atoms with E-state index in [4.69, 9.17) is 5.11 Å². The summed E-state index contributed by atoms with van der Waals surface area (Å²) in [5.41, 5.74) is 0.483. The van der Waals surface area contributed by atoms with Crippen LogP contribution in [0.1, 0.15) is 12.2 Å². The minimum atomic E-state index is -0.928. The molecule has 0 amide bonds. The van der Waals surface area contributed by atoms with Crippen molar-refractivity contribution in [2.75, 3.05) is 0 Å². The molecular formula is C10H8FN3O2. The average molecular weight is 221 g/mol. The van der Waals surface area contributed by atoms with Crippen molar-refractivity contribution in [2.24, 2.45) is 0 Å². The fourth-order valence-corrected chi connectivity index (χ4v) is 1.29. The quantitative estimate of drug-likeness (QED) is 0.842. The van der Waals surface area contributed by atoms with Gasteiger partial charge < -0.3 is 5.11 Å². The third-order valence-corrected chi connectivity index (χ3v) is 2.04. The predicted molar refractivity (Wildman–Crippen MR) is 53.2 cm³/mol. The Morgan fingerprint density at radius 2 is 2.19 bits per heavy atom. The molecule has 6 heteroatoms. The number of carbonyl (C=O) groups is 1. The number of aliphatic carboxylic acids is 1. The normalized spacial score (nSPS) is 10.6. The van der Waals surface area contributed by atoms with Crippen LogP contribution in [0.2, 0.25) is 0 Å². The zero-order valence-electron chi connectivity index (χ0n) is 8.22. The Morgan fingerprint density at radius 1 is 1.38 bits per heavy atom. The van der Waals surface area contributed by atoms with Gasteiger partial charge in [0, 0.05) is 6.42 Å². The first-order chi connectivity index (χ1) is 7.66. The molecule has 0 radical (unpaired) electrons. The molecule has 1 N–H and O–H groups in total. The molecule has 0 bridgehead atoms. The number of nitrogens with zero attached hydrogens (tertiary/aromatic N) is 3. The van der Waals surface area contributed by atoms with Crippen LogP contribution in [0, 0.1) is 5.82 Å². The van der Waals surface area contributed by atoms with Crippen LogP contribution in [0.4, 0.5) is 4.39 Å². The van der Waals surface area contributed by atoms with Crippen LogP contribution in [0.25, 0.3) is 11.0 Å². The van der Waals surface area contributed by atoms with E-state index in [1.54, 1.807) is 6.07 Å². The molecule has 0 fully saturated rings. The van der Waals surface area contributed by atoms with Gasteiger partial charge in [0.05, 0.1) is 11.9 Å². The molecule has 0 aliphatic carbocycles. The summed E-state index contributed by atoms with van der Waals surface area (Å²) >= 11 is 0. The van der Waals surface area contributed by atoms with Crippen LogP contribution in [0.15, 0.2) is 18.2 Å². The van der Waals surface area contributed by atoms with Crippen molar-refractivity contribution in [3.63, 3.8) is 0 Å². The van der Waals surface area contributed by atoms with E-state index in [0.717, 1.165) is 0 Å². The van der Waals surface area contributed by atoms with Crippen molar-refractivity contribution < 1.29 is 14.3 Å². The summed E-state index contributed by atoms with van der Waals surface area (Å²) < 4.78 is 13.2. The molecule has 16 heavy (non-hydrogen) atoms. The molecule has 0 atom stereocenters. The van der Waals surface area contributed by atoms with E-state index in [2.05, 4.69) is 15.2 Å². The predicted octanol–water partition coefficient (Wildman–Crippen LogP) is 1.18. The summed E-state index contributed by atoms with van der Waals surface area (Å²) in [5.74, 6) is -1.11. The van der Waals surface area contributed by atoms with Gasteiger partial charge in [-0.25, -0.2) is 9.37 Å². The van der Waals surface area contributed by atoms with E-state index in [9.17, 15) is 9.18 Å². The Hall–Kier alpha value is -2.11. The largest absolute Gasteiger partial charge is 0.481 e. The van der Waals surface area contributed by atoms with Gasteiger partial charge >= 0.3 is 5.97 Å². The standard InChI is InChI=1S/C10H8FN3O2/c11-6-2-1-3-7-10(6)14-13-8(12-7)4-5-9(15)16/h1-3H,4-5H2,(H,15,16). The summed E-state index contributed by atoms with van der Waals surface area (Å²) in [6, 6.07) is 4.40. The molecule has 0 spiro atoms. The molecule has 2 aromatic rings. The SMILES string of the molecule is O=C(O)CCc1nnc2c(F)cccc2n1. The van der Waals surface area contributed by atoms with Crippen molar-refractivity contribution in [3.8, 4) is 0 Å². The number of hydrogen-bond acceptors (Lipinski definition) is 4. The van der Waals surface area contributed by atoms with Crippen molar-refractivity contribution in [2.45, 2.75) is 12.8 Å². The summed E-state index contributed by atoms with van der Waals surface area (Å²) in [6.07, 6.45) is 0.122. The Balaban J connectivity index is 2.33. The fourth-order valence-electron chi connectivity index (χ4n) is 1.29. The van der Waals surface area contributed by atoms with Gasteiger partial charge in [0.15, 0.2) is 11.6 Å². The van der Waals surface area contributed by atoms with Gasteiger partial charge in [-0.05, 0) is 12.1 Å². The topological polar surface area (TPSA) is 76.0 Å². The Morgan fingerprint density at radius 3 is 2.94 bits per heavy atom. The lowest BCUT2D eigenvalue weighted by atomic mass is 10.2. The second-order valence-electron chi connectivity index (χ2n) is 3.23. The lowest BCUT2D eigenvalue weighted by Crippen LogP contribution is -2.03. The number of hydrogen-bond donors (Lipinski definition) is 1. The Labute approximate surface area is 90.0 Å². The monoisotopic (exact) mass is 221 g/mol. The van der Waals surface area contributed by atoms with Gasteiger partial charge in [-0.2, -0.15) is 0 Å². The molecule has 5 nitrogen and oxygen atoms in total. The van der Waals surface area contributed by atoms with Crippen molar-refractivity contribution in [1.29, 1.82) is 0 Å². The molecule has 82 valence electrons. The molecule has 1 aromatic carbocycles. The van der Waals surface area contributed by atoms with Crippen LogP contribution in [0.5, 0.6) is 0 Å². The van der Waals surface area contributed by atoms with Crippen LogP contribution in [-0.4, -0.2) is 26.3 Å². The minimum absolute atomic E-state index is 0.0670. The van der Waals surface area contributed by atoms with E-state index in [1.165, 1.54) is 12.1 Å². The summed E-state index contributed by atoms with van der Waals surface area (Å²) in [6.45, 7) is 0. The number of benzene rings is 1. The molecule has 0 aliphatic rings. The lowest BCUT2D eigenvalue weighted by molar-refractivity contribution is -0.137. The number of aryl methyl sites for hydroxylation is 1. The van der Waals surface area contributed by atoms with E-state index in [0.29, 0.717) is 11.3 Å².